The fraction of sp³-hybridized carbons (Fsp3) is 0.0769. The van der Waals surface area contributed by atoms with Crippen LogP contribution >= 0.6 is 11.3 Å². The molecule has 13 aromatic carbocycles. The largest absolute Gasteiger partial charge is 0.500 e. The molecule has 0 bridgehead atoms. The van der Waals surface area contributed by atoms with Crippen LogP contribution in [0.1, 0.15) is 0 Å². The molecule has 0 aliphatic heterocycles. The van der Waals surface area contributed by atoms with E-state index in [1.165, 1.54) is 85.4 Å². The Labute approximate surface area is 821 Å². The Bertz CT molecular complexity index is 7020. The number of aromatic nitrogens is 7. The number of fused-ring (bicyclic) bond motifs is 9. The number of benzene rings is 13. The van der Waals surface area contributed by atoms with E-state index in [4.69, 9.17) is 19.4 Å². The van der Waals surface area contributed by atoms with Gasteiger partial charge >= 0.3 is 0 Å². The Morgan fingerprint density at radius 3 is 1.05 bits per heavy atom. The molecule has 3 radical (unpaired) electrons. The standard InChI is InChI=1S/C32H27N2Si.C26H22NOSi.C26H22NSSi.3C11H8N.3Ir/c1-35(2,3)32-21-29(33-22-28(32)23-12-6-4-7-13-23)24-18-19-31-27(20-24)26-16-10-11-17-30(26)34(31)25-14-8-5-9-15-25;2*1-29(2,3)26-16-23(27-17-22(26)18-9-5-4-6-10-18)19-13-14-25-21(15-19)20-11-7-8-12-24(20)28-25;3*1-2-6-10(7-3-1)11-8-4-5-9-12-11;;;/h4-17,19-22H,1-3H3;2*4-12,14-17H,1-3H3;3*1-6,8-9H;;;/q6*-1;;;. The van der Waals surface area contributed by atoms with E-state index >= 15 is 0 Å². The van der Waals surface area contributed by atoms with E-state index in [9.17, 15) is 0 Å². The van der Waals surface area contributed by atoms with Gasteiger partial charge in [0, 0.05) is 119 Å². The van der Waals surface area contributed by atoms with Crippen LogP contribution in [0.15, 0.2) is 418 Å². The molecule has 655 valence electrons. The van der Waals surface area contributed by atoms with Crippen LogP contribution in [0.3, 0.4) is 0 Å². The predicted octanol–water partition coefficient (Wildman–Crippen LogP) is 29.3. The zero-order valence-electron chi connectivity index (χ0n) is 74.7. The van der Waals surface area contributed by atoms with E-state index in [2.05, 4.69) is 352 Å². The van der Waals surface area contributed by atoms with Crippen molar-refractivity contribution in [3.63, 3.8) is 0 Å². The first kappa shape index (κ1) is 95.3. The van der Waals surface area contributed by atoms with Gasteiger partial charge in [0.2, 0.25) is 0 Å². The van der Waals surface area contributed by atoms with Gasteiger partial charge in [-0.25, -0.2) is 0 Å². The minimum Gasteiger partial charge on any atom is -0.500 e. The molecule has 0 spiro atoms. The van der Waals surface area contributed by atoms with Crippen LogP contribution in [0.4, 0.5) is 0 Å². The van der Waals surface area contributed by atoms with Crippen molar-refractivity contribution in [3.05, 3.63) is 450 Å². The summed E-state index contributed by atoms with van der Waals surface area (Å²) in [5.41, 5.74) is 24.8. The van der Waals surface area contributed by atoms with E-state index < -0.39 is 24.2 Å². The van der Waals surface area contributed by atoms with Gasteiger partial charge in [0.15, 0.2) is 0 Å². The van der Waals surface area contributed by atoms with E-state index in [0.717, 1.165) is 101 Å². The molecule has 0 fully saturated rings. The molecule has 8 nitrogen and oxygen atoms in total. The zero-order chi connectivity index (χ0) is 88.7. The SMILES string of the molecule is C[Si](C)(C)c1cc(-c2[c-]cc3c(c2)c2ccccc2n3-c2ccccc2)ncc1-c1ccccc1.C[Si](C)(C)c1cc(-c2[c-]cc3oc4ccccc4c3c2)ncc1-c1ccccc1.C[Si](C)(C)c1cc(-c2[c-]cc3sc4ccccc4c3c2)ncc1-c1ccccc1.[Ir].[Ir].[Ir].[c-]1ccccc1-c1ccccn1.[c-]1ccccc1-c1ccccn1.[c-]1ccccc1-c1ccccn1. The summed E-state index contributed by atoms with van der Waals surface area (Å²) >= 11 is 1.83. The molecule has 0 aliphatic rings. The van der Waals surface area contributed by atoms with Gasteiger partial charge in [-0.2, -0.15) is 11.3 Å². The molecule has 0 N–H and O–H groups in total. The average molecular weight is 2310 g/mol. The van der Waals surface area contributed by atoms with Gasteiger partial charge in [0.05, 0.1) is 29.8 Å². The van der Waals surface area contributed by atoms with Crippen LogP contribution in [0.5, 0.6) is 0 Å². The number of nitrogens with zero attached hydrogens (tertiary/aromatic N) is 7. The molecule has 0 amide bonds. The Hall–Kier alpha value is -12.8. The Kier molecular flexibility index (Phi) is 31.7. The van der Waals surface area contributed by atoms with Gasteiger partial charge in [-0.05, 0) is 137 Å². The van der Waals surface area contributed by atoms with Crippen molar-refractivity contribution in [1.82, 2.24) is 34.5 Å². The van der Waals surface area contributed by atoms with Gasteiger partial charge in [-0.1, -0.05) is 309 Å². The maximum absolute atomic E-state index is 5.95. The molecule has 0 saturated carbocycles. The second kappa shape index (κ2) is 43.9. The van der Waals surface area contributed by atoms with E-state index in [1.54, 1.807) is 18.6 Å². The van der Waals surface area contributed by atoms with Gasteiger partial charge in [-0.3, -0.25) is 0 Å². The Balaban J connectivity index is 0.000000133. The number of rotatable bonds is 13. The average Bonchev–Trinajstić information content (AvgIpc) is 1.59. The molecule has 22 rings (SSSR count). The second-order valence-electron chi connectivity index (χ2n) is 34.4. The van der Waals surface area contributed by atoms with Crippen LogP contribution in [-0.4, -0.2) is 58.7 Å². The van der Waals surface area contributed by atoms with Crippen LogP contribution in [-0.2, 0) is 60.3 Å². The van der Waals surface area contributed by atoms with Crippen molar-refractivity contribution in [2.45, 2.75) is 58.9 Å². The maximum atomic E-state index is 5.95. The molecular weight excluding hydrogens is 2210 g/mol. The van der Waals surface area contributed by atoms with Crippen molar-refractivity contribution in [2.75, 3.05) is 0 Å². The molecule has 0 aliphatic carbocycles. The number of thiophene rings is 1. The maximum Gasteiger partial charge on any atom is 0.120 e. The van der Waals surface area contributed by atoms with E-state index in [0.29, 0.717) is 0 Å². The number of hydrogen-bond acceptors (Lipinski definition) is 8. The minimum absolute atomic E-state index is 0. The molecular formula is C117H95Ir3N7OSSi3-6. The normalized spacial score (nSPS) is 11.0. The van der Waals surface area contributed by atoms with Crippen molar-refractivity contribution in [3.8, 4) is 107 Å². The Morgan fingerprint density at radius 1 is 0.258 bits per heavy atom. The summed E-state index contributed by atoms with van der Waals surface area (Å²) in [4.78, 5) is 27.3. The van der Waals surface area contributed by atoms with Gasteiger partial charge in [-0.15, -0.1) is 179 Å². The first-order chi connectivity index (χ1) is 62.9. The first-order valence-corrected chi connectivity index (χ1v) is 54.7. The van der Waals surface area contributed by atoms with Crippen LogP contribution < -0.4 is 15.6 Å². The molecule has 22 aromatic rings. The topological polar surface area (TPSA) is 95.4 Å². The molecule has 0 saturated heterocycles. The first-order valence-electron chi connectivity index (χ1n) is 43.4. The van der Waals surface area contributed by atoms with Crippen molar-refractivity contribution in [2.24, 2.45) is 0 Å². The molecule has 0 atom stereocenters. The predicted molar refractivity (Wildman–Crippen MR) is 551 cm³/mol. The fourth-order valence-electron chi connectivity index (χ4n) is 16.0. The summed E-state index contributed by atoms with van der Waals surface area (Å²) in [6, 6.07) is 148. The monoisotopic (exact) mass is 2310 g/mol. The molecule has 15 heteroatoms. The van der Waals surface area contributed by atoms with E-state index in [-0.39, 0.29) is 60.3 Å². The summed E-state index contributed by atoms with van der Waals surface area (Å²) in [6.45, 7) is 21.6. The van der Waals surface area contributed by atoms with Crippen LogP contribution in [0, 0.1) is 36.4 Å². The quantitative estimate of drug-likeness (QED) is 0.0838. The second-order valence-corrected chi connectivity index (χ2v) is 50.6. The van der Waals surface area contributed by atoms with Crippen molar-refractivity contribution >= 4 is 115 Å². The smallest absolute Gasteiger partial charge is 0.120 e. The van der Waals surface area contributed by atoms with Crippen molar-refractivity contribution < 1.29 is 64.7 Å². The number of furan rings is 1. The Morgan fingerprint density at radius 2 is 0.621 bits per heavy atom. The van der Waals surface area contributed by atoms with Crippen LogP contribution in [0.25, 0.3) is 171 Å². The summed E-state index contributed by atoms with van der Waals surface area (Å²) in [7, 11) is -4.76. The van der Waals surface area contributed by atoms with Gasteiger partial charge < -0.3 is 38.9 Å². The summed E-state index contributed by atoms with van der Waals surface area (Å²) in [6.07, 6.45) is 11.5. The molecule has 9 heterocycles. The van der Waals surface area contributed by atoms with Crippen LogP contribution in [0.2, 0.25) is 58.9 Å². The number of pyridine rings is 6. The van der Waals surface area contributed by atoms with Gasteiger partial charge in [0.25, 0.3) is 0 Å². The van der Waals surface area contributed by atoms with Gasteiger partial charge in [0.1, 0.15) is 5.58 Å². The third-order valence-electron chi connectivity index (χ3n) is 22.4. The molecule has 132 heavy (non-hydrogen) atoms. The third-order valence-corrected chi connectivity index (χ3v) is 29.6. The molecule has 9 aromatic heterocycles. The summed E-state index contributed by atoms with van der Waals surface area (Å²) < 4.78 is 10.9. The number of para-hydroxylation sites is 3. The fourth-order valence-corrected chi connectivity index (χ4v) is 21.8. The third kappa shape index (κ3) is 22.7. The zero-order valence-corrected chi connectivity index (χ0v) is 85.7. The van der Waals surface area contributed by atoms with Crippen molar-refractivity contribution in [1.29, 1.82) is 0 Å². The van der Waals surface area contributed by atoms with E-state index in [1.807, 2.05) is 169 Å². The summed E-state index contributed by atoms with van der Waals surface area (Å²) in [5.74, 6) is 0. The minimum atomic E-state index is -1.62. The summed E-state index contributed by atoms with van der Waals surface area (Å²) in [5, 5.41) is 11.6. The number of hydrogen-bond donors (Lipinski definition) is 0. The molecule has 0 unspecified atom stereocenters.